The van der Waals surface area contributed by atoms with Gasteiger partial charge in [-0.3, -0.25) is 9.79 Å². The van der Waals surface area contributed by atoms with Gasteiger partial charge in [0.2, 0.25) is 0 Å². The molecule has 3 rings (SSSR count). The Hall–Kier alpha value is -2.42. The smallest absolute Gasteiger partial charge is 0.268 e. The van der Waals surface area contributed by atoms with Crippen molar-refractivity contribution in [2.24, 2.45) is 4.99 Å². The highest BCUT2D eigenvalue weighted by atomic mass is 16.2. The molecule has 3 heteroatoms. The highest BCUT2D eigenvalue weighted by Crippen LogP contribution is 2.23. The first-order chi connectivity index (χ1) is 10.3. The van der Waals surface area contributed by atoms with Crippen LogP contribution in [0.4, 0.5) is 5.69 Å². The summed E-state index contributed by atoms with van der Waals surface area (Å²) in [6, 6.07) is 18.4. The summed E-state index contributed by atoms with van der Waals surface area (Å²) in [5.41, 5.74) is 3.41. The van der Waals surface area contributed by atoms with E-state index in [1.54, 1.807) is 0 Å². The van der Waals surface area contributed by atoms with Crippen LogP contribution in [0.5, 0.6) is 0 Å². The topological polar surface area (TPSA) is 32.7 Å². The zero-order chi connectivity index (χ0) is 14.5. The van der Waals surface area contributed by atoms with Gasteiger partial charge in [-0.05, 0) is 30.0 Å². The summed E-state index contributed by atoms with van der Waals surface area (Å²) >= 11 is 0. The van der Waals surface area contributed by atoms with E-state index in [2.05, 4.69) is 17.1 Å². The monoisotopic (exact) mass is 278 g/mol. The molecule has 0 fully saturated rings. The van der Waals surface area contributed by atoms with E-state index >= 15 is 0 Å². The summed E-state index contributed by atoms with van der Waals surface area (Å²) in [6.07, 6.45) is 3.37. The third-order valence-corrected chi connectivity index (χ3v) is 3.70. The van der Waals surface area contributed by atoms with Gasteiger partial charge in [0.1, 0.15) is 0 Å². The number of anilines is 1. The van der Waals surface area contributed by atoms with E-state index in [1.807, 2.05) is 47.4 Å². The largest absolute Gasteiger partial charge is 0.307 e. The minimum atomic E-state index is -0.0204. The maximum atomic E-state index is 12.2. The third kappa shape index (κ3) is 3.19. The van der Waals surface area contributed by atoms with Gasteiger partial charge in [0.05, 0.1) is 12.8 Å². The van der Waals surface area contributed by atoms with Gasteiger partial charge < -0.3 is 4.90 Å². The molecule has 0 aliphatic carbocycles. The van der Waals surface area contributed by atoms with E-state index in [-0.39, 0.29) is 5.91 Å². The van der Waals surface area contributed by atoms with Crippen molar-refractivity contribution in [3.8, 4) is 0 Å². The SMILES string of the molecule is O=C1C=NCc2ccccc2N1CCCc1ccccc1. The number of hydrogen-bond donors (Lipinski definition) is 0. The summed E-state index contributed by atoms with van der Waals surface area (Å²) in [5, 5.41) is 0. The first kappa shape index (κ1) is 13.6. The molecule has 1 amide bonds. The molecule has 0 unspecified atom stereocenters. The standard InChI is InChI=1S/C18H18N2O/c21-18-14-19-13-16-10-4-5-11-17(16)20(18)12-6-9-15-7-2-1-3-8-15/h1-5,7-8,10-11,14H,6,9,12-13H2. The first-order valence-electron chi connectivity index (χ1n) is 7.28. The lowest BCUT2D eigenvalue weighted by molar-refractivity contribution is -0.112. The van der Waals surface area contributed by atoms with Gasteiger partial charge in [-0.25, -0.2) is 0 Å². The van der Waals surface area contributed by atoms with Crippen molar-refractivity contribution in [2.75, 3.05) is 11.4 Å². The molecule has 1 aliphatic heterocycles. The number of benzene rings is 2. The highest BCUT2D eigenvalue weighted by Gasteiger charge is 2.18. The maximum Gasteiger partial charge on any atom is 0.268 e. The van der Waals surface area contributed by atoms with Crippen molar-refractivity contribution in [1.29, 1.82) is 0 Å². The Bertz CT molecular complexity index is 649. The molecule has 0 saturated heterocycles. The quantitative estimate of drug-likeness (QED) is 0.845. The number of hydrogen-bond acceptors (Lipinski definition) is 2. The Morgan fingerprint density at radius 2 is 1.76 bits per heavy atom. The van der Waals surface area contributed by atoms with Crippen molar-refractivity contribution in [3.63, 3.8) is 0 Å². The molecular formula is C18H18N2O. The third-order valence-electron chi connectivity index (χ3n) is 3.70. The fourth-order valence-corrected chi connectivity index (χ4v) is 2.63. The van der Waals surface area contributed by atoms with Crippen molar-refractivity contribution >= 4 is 17.8 Å². The molecule has 21 heavy (non-hydrogen) atoms. The molecule has 2 aromatic carbocycles. The molecule has 0 atom stereocenters. The number of carbonyl (C=O) groups excluding carboxylic acids is 1. The van der Waals surface area contributed by atoms with Gasteiger partial charge in [-0.1, -0.05) is 48.5 Å². The van der Waals surface area contributed by atoms with Crippen LogP contribution in [0.2, 0.25) is 0 Å². The van der Waals surface area contributed by atoms with E-state index < -0.39 is 0 Å². The van der Waals surface area contributed by atoms with Gasteiger partial charge in [0.25, 0.3) is 5.91 Å². The van der Waals surface area contributed by atoms with Crippen molar-refractivity contribution in [1.82, 2.24) is 0 Å². The van der Waals surface area contributed by atoms with Crippen LogP contribution in [-0.4, -0.2) is 18.7 Å². The lowest BCUT2D eigenvalue weighted by Crippen LogP contribution is -2.32. The molecule has 0 bridgehead atoms. The zero-order valence-corrected chi connectivity index (χ0v) is 11.9. The second-order valence-corrected chi connectivity index (χ2v) is 5.18. The van der Waals surface area contributed by atoms with Gasteiger partial charge in [-0.2, -0.15) is 0 Å². The summed E-state index contributed by atoms with van der Waals surface area (Å²) in [4.78, 5) is 18.2. The summed E-state index contributed by atoms with van der Waals surface area (Å²) in [6.45, 7) is 1.30. The molecule has 0 N–H and O–H groups in total. The zero-order valence-electron chi connectivity index (χ0n) is 11.9. The van der Waals surface area contributed by atoms with Crippen LogP contribution in [0.25, 0.3) is 0 Å². The van der Waals surface area contributed by atoms with Crippen LogP contribution in [-0.2, 0) is 17.8 Å². The molecule has 0 spiro atoms. The predicted molar refractivity (Wildman–Crippen MR) is 85.8 cm³/mol. The Kier molecular flexibility index (Phi) is 4.10. The normalized spacial score (nSPS) is 13.9. The van der Waals surface area contributed by atoms with Crippen LogP contribution in [0.15, 0.2) is 59.6 Å². The number of rotatable bonds is 4. The van der Waals surface area contributed by atoms with Crippen LogP contribution < -0.4 is 4.90 Å². The molecule has 2 aromatic rings. The van der Waals surface area contributed by atoms with E-state index in [0.717, 1.165) is 30.6 Å². The molecule has 3 nitrogen and oxygen atoms in total. The van der Waals surface area contributed by atoms with E-state index in [9.17, 15) is 4.79 Å². The molecule has 0 saturated carbocycles. The Labute approximate surface area is 124 Å². The number of nitrogens with zero attached hydrogens (tertiary/aromatic N) is 2. The minimum Gasteiger partial charge on any atom is -0.307 e. The lowest BCUT2D eigenvalue weighted by Gasteiger charge is -2.22. The molecule has 0 aromatic heterocycles. The Morgan fingerprint density at radius 1 is 1.00 bits per heavy atom. The van der Waals surface area contributed by atoms with E-state index in [1.165, 1.54) is 11.8 Å². The molecule has 1 aliphatic rings. The average molecular weight is 278 g/mol. The number of para-hydroxylation sites is 1. The van der Waals surface area contributed by atoms with Crippen LogP contribution in [0.3, 0.4) is 0 Å². The number of fused-ring (bicyclic) bond motifs is 1. The minimum absolute atomic E-state index is 0.0204. The van der Waals surface area contributed by atoms with Crippen molar-refractivity contribution in [2.45, 2.75) is 19.4 Å². The van der Waals surface area contributed by atoms with Gasteiger partial charge in [-0.15, -0.1) is 0 Å². The fourth-order valence-electron chi connectivity index (χ4n) is 2.63. The Morgan fingerprint density at radius 3 is 2.62 bits per heavy atom. The predicted octanol–water partition coefficient (Wildman–Crippen LogP) is 3.24. The van der Waals surface area contributed by atoms with Crippen molar-refractivity contribution < 1.29 is 4.79 Å². The van der Waals surface area contributed by atoms with E-state index in [4.69, 9.17) is 0 Å². The van der Waals surface area contributed by atoms with Gasteiger partial charge in [0.15, 0.2) is 0 Å². The highest BCUT2D eigenvalue weighted by molar-refractivity contribution is 6.33. The number of amides is 1. The summed E-state index contributed by atoms with van der Waals surface area (Å²) in [7, 11) is 0. The molecule has 1 heterocycles. The molecular weight excluding hydrogens is 260 g/mol. The summed E-state index contributed by atoms with van der Waals surface area (Å²) in [5.74, 6) is -0.0204. The average Bonchev–Trinajstić information content (AvgIpc) is 2.68. The van der Waals surface area contributed by atoms with E-state index in [0.29, 0.717) is 6.54 Å². The second kappa shape index (κ2) is 6.35. The Balaban J connectivity index is 1.71. The second-order valence-electron chi connectivity index (χ2n) is 5.18. The molecule has 106 valence electrons. The fraction of sp³-hybridized carbons (Fsp3) is 0.222. The van der Waals surface area contributed by atoms with Crippen LogP contribution >= 0.6 is 0 Å². The van der Waals surface area contributed by atoms with Gasteiger partial charge in [0, 0.05) is 12.2 Å². The number of aliphatic imine (C=N–C) groups is 1. The number of aryl methyl sites for hydroxylation is 1. The van der Waals surface area contributed by atoms with Crippen molar-refractivity contribution in [3.05, 3.63) is 65.7 Å². The van der Waals surface area contributed by atoms with Crippen LogP contribution in [0.1, 0.15) is 17.5 Å². The lowest BCUT2D eigenvalue weighted by atomic mass is 10.1. The summed E-state index contributed by atoms with van der Waals surface area (Å²) < 4.78 is 0. The molecule has 0 radical (unpaired) electrons. The van der Waals surface area contributed by atoms with Crippen LogP contribution in [0, 0.1) is 0 Å². The first-order valence-corrected chi connectivity index (χ1v) is 7.28. The maximum absolute atomic E-state index is 12.2. The van der Waals surface area contributed by atoms with Gasteiger partial charge >= 0.3 is 0 Å². The number of carbonyl (C=O) groups is 1.